The SMILES string of the molecule is Cc1n(/N=C/c2ccc(N3CCCC3)cc2)cc[n+]1/N=C/c1ccc(N2CCCC2)cc1.[Cl-]. The Kier molecular flexibility index (Phi) is 7.45. The lowest BCUT2D eigenvalue weighted by molar-refractivity contribution is -0.684. The monoisotopic (exact) mass is 462 g/mol. The van der Waals surface area contributed by atoms with Crippen molar-refractivity contribution < 1.29 is 17.1 Å². The van der Waals surface area contributed by atoms with Crippen LogP contribution in [-0.2, 0) is 0 Å². The van der Waals surface area contributed by atoms with E-state index >= 15 is 0 Å². The number of benzene rings is 2. The summed E-state index contributed by atoms with van der Waals surface area (Å²) in [6.45, 7) is 6.68. The van der Waals surface area contributed by atoms with Crippen molar-refractivity contribution in [3.05, 3.63) is 77.9 Å². The number of hydrogen-bond donors (Lipinski definition) is 0. The van der Waals surface area contributed by atoms with Crippen LogP contribution in [0.5, 0.6) is 0 Å². The molecule has 6 nitrogen and oxygen atoms in total. The highest BCUT2D eigenvalue weighted by Crippen LogP contribution is 2.21. The van der Waals surface area contributed by atoms with Crippen LogP contribution in [0, 0.1) is 6.92 Å². The molecule has 3 heterocycles. The van der Waals surface area contributed by atoms with E-state index < -0.39 is 0 Å². The van der Waals surface area contributed by atoms with E-state index in [1.807, 2.05) is 41.1 Å². The fourth-order valence-corrected chi connectivity index (χ4v) is 4.44. The Labute approximate surface area is 202 Å². The molecule has 0 N–H and O–H groups in total. The number of hydrogen-bond acceptors (Lipinski definition) is 4. The Morgan fingerprint density at radius 3 is 1.73 bits per heavy atom. The van der Waals surface area contributed by atoms with Crippen molar-refractivity contribution in [2.24, 2.45) is 10.2 Å². The summed E-state index contributed by atoms with van der Waals surface area (Å²) in [6, 6.07) is 17.3. The molecule has 0 bridgehead atoms. The van der Waals surface area contributed by atoms with Crippen molar-refractivity contribution in [2.45, 2.75) is 32.6 Å². The first-order chi connectivity index (χ1) is 15.8. The first-order valence-electron chi connectivity index (χ1n) is 11.6. The van der Waals surface area contributed by atoms with Crippen LogP contribution in [0.25, 0.3) is 0 Å². The van der Waals surface area contributed by atoms with Crippen LogP contribution < -0.4 is 26.9 Å². The molecule has 7 heteroatoms. The molecule has 33 heavy (non-hydrogen) atoms. The zero-order valence-electron chi connectivity index (χ0n) is 19.1. The molecule has 0 radical (unpaired) electrons. The molecule has 3 aromatic rings. The highest BCUT2D eigenvalue weighted by atomic mass is 35.5. The maximum absolute atomic E-state index is 4.61. The van der Waals surface area contributed by atoms with Crippen molar-refractivity contribution in [1.29, 1.82) is 0 Å². The van der Waals surface area contributed by atoms with Crippen LogP contribution in [0.1, 0.15) is 42.6 Å². The quantitative estimate of drug-likeness (QED) is 0.406. The fraction of sp³-hybridized carbons (Fsp3) is 0.346. The third-order valence-electron chi connectivity index (χ3n) is 6.40. The predicted molar refractivity (Wildman–Crippen MR) is 131 cm³/mol. The summed E-state index contributed by atoms with van der Waals surface area (Å²) >= 11 is 0. The van der Waals surface area contributed by atoms with E-state index in [0.29, 0.717) is 0 Å². The minimum absolute atomic E-state index is 0. The van der Waals surface area contributed by atoms with Crippen LogP contribution in [0.2, 0.25) is 0 Å². The van der Waals surface area contributed by atoms with E-state index in [-0.39, 0.29) is 12.4 Å². The van der Waals surface area contributed by atoms with Crippen molar-refractivity contribution in [3.63, 3.8) is 0 Å². The summed E-state index contributed by atoms with van der Waals surface area (Å²) < 4.78 is 3.70. The Balaban J connectivity index is 0.00000259. The second kappa shape index (κ2) is 10.7. The van der Waals surface area contributed by atoms with Gasteiger partial charge in [0, 0.05) is 44.5 Å². The van der Waals surface area contributed by atoms with Gasteiger partial charge in [-0.25, -0.2) is 0 Å². The smallest absolute Gasteiger partial charge is 0.304 e. The molecule has 2 fully saturated rings. The number of aromatic nitrogens is 2. The Bertz CT molecular complexity index is 1000. The first kappa shape index (κ1) is 23.1. The van der Waals surface area contributed by atoms with Gasteiger partial charge in [-0.1, -0.05) is 34.5 Å². The molecule has 2 aromatic carbocycles. The average Bonchev–Trinajstić information content (AvgIpc) is 3.60. The zero-order chi connectivity index (χ0) is 21.8. The van der Waals surface area contributed by atoms with Gasteiger partial charge < -0.3 is 22.2 Å². The molecule has 5 rings (SSSR count). The van der Waals surface area contributed by atoms with Gasteiger partial charge >= 0.3 is 5.82 Å². The van der Waals surface area contributed by atoms with Crippen molar-refractivity contribution in [2.75, 3.05) is 36.0 Å². The maximum atomic E-state index is 4.61. The summed E-state index contributed by atoms with van der Waals surface area (Å²) in [7, 11) is 0. The van der Waals surface area contributed by atoms with Crippen LogP contribution in [-0.4, -0.2) is 43.3 Å². The number of anilines is 2. The maximum Gasteiger partial charge on any atom is 0.304 e. The minimum atomic E-state index is 0. The molecule has 0 aliphatic carbocycles. The molecule has 0 spiro atoms. The molecular formula is C26H31ClN6. The van der Waals surface area contributed by atoms with Gasteiger partial charge in [0.1, 0.15) is 0 Å². The summed E-state index contributed by atoms with van der Waals surface area (Å²) in [6.07, 6.45) is 12.8. The largest absolute Gasteiger partial charge is 1.00 e. The molecule has 0 unspecified atom stereocenters. The lowest BCUT2D eigenvalue weighted by atomic mass is 10.2. The lowest BCUT2D eigenvalue weighted by Crippen LogP contribution is -3.00. The minimum Gasteiger partial charge on any atom is -1.00 e. The summed E-state index contributed by atoms with van der Waals surface area (Å²) in [4.78, 5) is 4.88. The van der Waals surface area contributed by atoms with Crippen molar-refractivity contribution in [3.8, 4) is 0 Å². The summed E-state index contributed by atoms with van der Waals surface area (Å²) in [5.74, 6) is 0.944. The van der Waals surface area contributed by atoms with Gasteiger partial charge in [0.2, 0.25) is 0 Å². The molecule has 0 saturated carbocycles. The van der Waals surface area contributed by atoms with Crippen molar-refractivity contribution in [1.82, 2.24) is 4.68 Å². The second-order valence-corrected chi connectivity index (χ2v) is 8.60. The standard InChI is InChI=1S/C26H31N6.ClH/c1-22-31(27-20-23-6-10-25(11-7-23)29-14-2-3-15-29)18-19-32(22)28-21-24-8-12-26(13-9-24)30-16-4-5-17-30;/h6-13,18-21H,2-5,14-17H2,1H3;1H/q+1;/p-1/b27-20+,28-21+;. The zero-order valence-corrected chi connectivity index (χ0v) is 19.9. The van der Waals surface area contributed by atoms with Crippen LogP contribution in [0.15, 0.2) is 71.1 Å². The second-order valence-electron chi connectivity index (χ2n) is 8.60. The summed E-state index contributed by atoms with van der Waals surface area (Å²) in [5.41, 5.74) is 4.79. The average molecular weight is 463 g/mol. The first-order valence-corrected chi connectivity index (χ1v) is 11.6. The van der Waals surface area contributed by atoms with E-state index in [4.69, 9.17) is 0 Å². The van der Waals surface area contributed by atoms with E-state index in [1.54, 1.807) is 0 Å². The molecule has 1 aromatic heterocycles. The number of nitrogens with zero attached hydrogens (tertiary/aromatic N) is 6. The van der Waals surface area contributed by atoms with E-state index in [1.165, 1.54) is 63.2 Å². The van der Waals surface area contributed by atoms with Gasteiger partial charge in [-0.2, -0.15) is 0 Å². The van der Waals surface area contributed by atoms with Crippen LogP contribution in [0.3, 0.4) is 0 Å². The molecule has 0 atom stereocenters. The molecule has 2 aliphatic heterocycles. The van der Waals surface area contributed by atoms with Gasteiger partial charge in [0.15, 0.2) is 12.4 Å². The molecule has 0 amide bonds. The highest BCUT2D eigenvalue weighted by molar-refractivity contribution is 5.80. The number of halogens is 1. The van der Waals surface area contributed by atoms with Crippen LogP contribution in [0.4, 0.5) is 11.4 Å². The molecule has 2 aliphatic rings. The Hall–Kier alpha value is -3.12. The molecule has 172 valence electrons. The third-order valence-corrected chi connectivity index (χ3v) is 6.40. The van der Waals surface area contributed by atoms with Crippen LogP contribution >= 0.6 is 0 Å². The molecular weight excluding hydrogens is 432 g/mol. The van der Waals surface area contributed by atoms with E-state index in [9.17, 15) is 0 Å². The topological polar surface area (TPSA) is 40.0 Å². The Morgan fingerprint density at radius 2 is 1.21 bits per heavy atom. The van der Waals surface area contributed by atoms with Gasteiger partial charge in [0.25, 0.3) is 0 Å². The van der Waals surface area contributed by atoms with Gasteiger partial charge in [-0.15, -0.1) is 9.35 Å². The fourth-order valence-electron chi connectivity index (χ4n) is 4.44. The Morgan fingerprint density at radius 1 is 0.727 bits per heavy atom. The normalized spacial score (nSPS) is 16.3. The number of rotatable bonds is 6. The lowest BCUT2D eigenvalue weighted by Gasteiger charge is -2.17. The van der Waals surface area contributed by atoms with E-state index in [2.05, 4.69) is 68.5 Å². The number of imidazole rings is 1. The third kappa shape index (κ3) is 5.45. The predicted octanol–water partition coefficient (Wildman–Crippen LogP) is 1.05. The van der Waals surface area contributed by atoms with Crippen molar-refractivity contribution >= 4 is 23.8 Å². The van der Waals surface area contributed by atoms with E-state index in [0.717, 1.165) is 17.0 Å². The van der Waals surface area contributed by atoms with Gasteiger partial charge in [-0.3, -0.25) is 0 Å². The highest BCUT2D eigenvalue weighted by Gasteiger charge is 2.13. The van der Waals surface area contributed by atoms with Gasteiger partial charge in [0.05, 0.1) is 12.4 Å². The summed E-state index contributed by atoms with van der Waals surface area (Å²) in [5, 5.41) is 9.22. The molecule has 2 saturated heterocycles. The van der Waals surface area contributed by atoms with Gasteiger partial charge in [-0.05, 0) is 61.1 Å².